The normalized spacial score (nSPS) is 13.6. The first kappa shape index (κ1) is 53.3. The van der Waals surface area contributed by atoms with Gasteiger partial charge in [0.15, 0.2) is 0 Å². The van der Waals surface area contributed by atoms with Gasteiger partial charge in [0, 0.05) is 24.9 Å². The topological polar surface area (TPSA) is 67.9 Å². The molecule has 0 aromatic heterocycles. The van der Waals surface area contributed by atoms with E-state index in [9.17, 15) is 9.59 Å². The highest BCUT2D eigenvalue weighted by Crippen LogP contribution is 2.36. The minimum atomic E-state index is -0.306. The molecule has 0 heterocycles. The van der Waals surface area contributed by atoms with Crippen LogP contribution in [0.1, 0.15) is 252 Å². The summed E-state index contributed by atoms with van der Waals surface area (Å²) in [6.45, 7) is 17.4. The highest BCUT2D eigenvalue weighted by Gasteiger charge is 2.22. The van der Waals surface area contributed by atoms with Gasteiger partial charge in [0.05, 0.1) is 30.4 Å². The van der Waals surface area contributed by atoms with Crippen LogP contribution in [0.5, 0.6) is 0 Å². The van der Waals surface area contributed by atoms with E-state index in [4.69, 9.17) is 9.47 Å². The fourth-order valence-electron chi connectivity index (χ4n) is 9.17. The van der Waals surface area contributed by atoms with E-state index < -0.39 is 0 Å². The minimum Gasteiger partial charge on any atom is -0.498 e. The molecule has 6 nitrogen and oxygen atoms in total. The molecule has 0 spiro atoms. The lowest BCUT2D eigenvalue weighted by molar-refractivity contribution is 0.142. The summed E-state index contributed by atoms with van der Waals surface area (Å²) in [7, 11) is 0. The molecule has 6 heteroatoms. The largest absolute Gasteiger partial charge is 0.498 e. The third-order valence-electron chi connectivity index (χ3n) is 13.6. The zero-order chi connectivity index (χ0) is 43.8. The van der Waals surface area contributed by atoms with Crippen LogP contribution in [-0.4, -0.2) is 44.3 Å². The summed E-state index contributed by atoms with van der Waals surface area (Å²) >= 11 is 0. The Hall–Kier alpha value is -2.08. The van der Waals surface area contributed by atoms with E-state index in [1.165, 1.54) is 191 Å². The van der Waals surface area contributed by atoms with Gasteiger partial charge in [-0.25, -0.2) is 0 Å². The number of ether oxygens (including phenoxy) is 2. The second-order valence-corrected chi connectivity index (χ2v) is 19.5. The van der Waals surface area contributed by atoms with Crippen molar-refractivity contribution in [1.82, 2.24) is 4.90 Å². The Balaban J connectivity index is 1.37. The van der Waals surface area contributed by atoms with Gasteiger partial charge in [-0.05, 0) is 139 Å². The molecule has 2 fully saturated rings. The van der Waals surface area contributed by atoms with Crippen LogP contribution in [0.25, 0.3) is 0 Å². The minimum absolute atomic E-state index is 0.263. The molecule has 3 rings (SSSR count). The Kier molecular flexibility index (Phi) is 30.0. The maximum absolute atomic E-state index is 12.3. The molecule has 2 aliphatic carbocycles. The van der Waals surface area contributed by atoms with Crippen molar-refractivity contribution in [3.63, 3.8) is 0 Å². The summed E-state index contributed by atoms with van der Waals surface area (Å²) in [6, 6.07) is 0. The number of hydrogen-bond acceptors (Lipinski definition) is 6. The van der Waals surface area contributed by atoms with E-state index in [2.05, 4.69) is 44.8 Å². The zero-order valence-corrected chi connectivity index (χ0v) is 41.0. The smallest absolute Gasteiger partial charge is 0.249 e. The van der Waals surface area contributed by atoms with Crippen molar-refractivity contribution in [2.24, 2.45) is 11.8 Å². The van der Waals surface area contributed by atoms with E-state index in [0.717, 1.165) is 95.3 Å². The van der Waals surface area contributed by atoms with E-state index in [1.807, 2.05) is 0 Å². The van der Waals surface area contributed by atoms with Crippen LogP contribution >= 0.6 is 0 Å². The molecular weight excluding hydrogens is 753 g/mol. The van der Waals surface area contributed by atoms with Crippen molar-refractivity contribution in [1.29, 1.82) is 0 Å². The lowest BCUT2D eigenvalue weighted by Gasteiger charge is -2.23. The zero-order valence-electron chi connectivity index (χ0n) is 41.0. The van der Waals surface area contributed by atoms with E-state index >= 15 is 0 Å². The molecule has 2 aliphatic rings. The van der Waals surface area contributed by atoms with Crippen LogP contribution < -0.4 is 16.2 Å². The predicted molar refractivity (Wildman–Crippen MR) is 264 cm³/mol. The number of nitrogens with one attached hydrogen (secondary N) is 1. The third kappa shape index (κ3) is 24.0. The molecule has 1 aromatic rings. The molecule has 0 amide bonds. The SMILES string of the molecule is CCCCCC(CCCCC)COC(CCCCCCCN(CCCCCCCC(OCC(CCCC)CCCC)=C1CC1)CCCNc1c(CCCC)c(=O)c1=O)=C1CC1. The van der Waals surface area contributed by atoms with Gasteiger partial charge >= 0.3 is 0 Å². The highest BCUT2D eigenvalue weighted by molar-refractivity contribution is 5.56. The summed E-state index contributed by atoms with van der Waals surface area (Å²) < 4.78 is 13.2. The summed E-state index contributed by atoms with van der Waals surface area (Å²) in [6.07, 6.45) is 42.4. The molecule has 2 saturated carbocycles. The highest BCUT2D eigenvalue weighted by atomic mass is 16.5. The number of nitrogens with zero attached hydrogens (tertiary/aromatic N) is 1. The Morgan fingerprint density at radius 1 is 0.492 bits per heavy atom. The van der Waals surface area contributed by atoms with Crippen LogP contribution in [0, 0.1) is 11.8 Å². The van der Waals surface area contributed by atoms with Gasteiger partial charge in [0.25, 0.3) is 0 Å². The molecule has 0 atom stereocenters. The summed E-state index contributed by atoms with van der Waals surface area (Å²) in [5.74, 6) is 4.17. The Labute approximate surface area is 376 Å². The summed E-state index contributed by atoms with van der Waals surface area (Å²) in [5, 5.41) is 3.36. The van der Waals surface area contributed by atoms with Gasteiger partial charge in [0.2, 0.25) is 10.9 Å². The lowest BCUT2D eigenvalue weighted by atomic mass is 9.96. The van der Waals surface area contributed by atoms with Crippen LogP contribution in [0.3, 0.4) is 0 Å². The maximum atomic E-state index is 12.3. The van der Waals surface area contributed by atoms with Crippen molar-refractivity contribution in [2.45, 2.75) is 253 Å². The molecule has 0 aliphatic heterocycles. The first-order valence-corrected chi connectivity index (χ1v) is 26.9. The van der Waals surface area contributed by atoms with Gasteiger partial charge in [-0.2, -0.15) is 0 Å². The van der Waals surface area contributed by atoms with E-state index in [-0.39, 0.29) is 10.9 Å². The quantitative estimate of drug-likeness (QED) is 0.0401. The molecule has 1 aromatic carbocycles. The fourth-order valence-corrected chi connectivity index (χ4v) is 9.17. The number of rotatable bonds is 44. The molecule has 352 valence electrons. The molecule has 0 bridgehead atoms. The molecule has 1 N–H and O–H groups in total. The third-order valence-corrected chi connectivity index (χ3v) is 13.6. The van der Waals surface area contributed by atoms with Gasteiger partial charge in [-0.3, -0.25) is 9.59 Å². The van der Waals surface area contributed by atoms with Gasteiger partial charge in [0.1, 0.15) is 0 Å². The van der Waals surface area contributed by atoms with Crippen LogP contribution in [0.15, 0.2) is 32.3 Å². The van der Waals surface area contributed by atoms with Gasteiger partial charge in [-0.15, -0.1) is 0 Å². The van der Waals surface area contributed by atoms with Gasteiger partial charge in [-0.1, -0.05) is 144 Å². The first-order valence-electron chi connectivity index (χ1n) is 26.9. The van der Waals surface area contributed by atoms with Crippen LogP contribution in [0.4, 0.5) is 5.69 Å². The fraction of sp³-hybridized carbons (Fsp3) is 0.855. The second kappa shape index (κ2) is 34.3. The van der Waals surface area contributed by atoms with Crippen LogP contribution in [-0.2, 0) is 15.9 Å². The maximum Gasteiger partial charge on any atom is 0.249 e. The molecular formula is C55H98N2O4. The monoisotopic (exact) mass is 851 g/mol. The van der Waals surface area contributed by atoms with Crippen molar-refractivity contribution in [3.8, 4) is 0 Å². The van der Waals surface area contributed by atoms with Crippen molar-refractivity contribution in [2.75, 3.05) is 44.7 Å². The molecule has 61 heavy (non-hydrogen) atoms. The number of unbranched alkanes of at least 4 members (excludes halogenated alkanes) is 15. The number of hydrogen-bond donors (Lipinski definition) is 1. The number of anilines is 1. The number of allylic oxidation sites excluding steroid dienone is 4. The van der Waals surface area contributed by atoms with E-state index in [0.29, 0.717) is 5.69 Å². The predicted octanol–water partition coefficient (Wildman–Crippen LogP) is 15.3. The standard InChI is InChI=1S/C55H98N2O4/c1-6-11-22-31-47(32-23-12-7-2)45-61-52(49-38-39-49)35-25-19-17-21-27-42-57(43-28-40-56-53-50(33-15-10-5)54(58)55(53)59)41-26-20-16-18-24-34-51(48-36-37-48)60-44-46(29-13-8-3)30-14-9-4/h46-47,56H,6-45H2,1-5H3. The average Bonchev–Trinajstić information content (AvgIpc) is 4.21. The molecule has 0 unspecified atom stereocenters. The van der Waals surface area contributed by atoms with Gasteiger partial charge < -0.3 is 19.7 Å². The molecule has 0 radical (unpaired) electrons. The Morgan fingerprint density at radius 3 is 1.38 bits per heavy atom. The van der Waals surface area contributed by atoms with Crippen LogP contribution in [0.2, 0.25) is 0 Å². The Bertz CT molecular complexity index is 1360. The molecule has 0 saturated heterocycles. The lowest BCUT2D eigenvalue weighted by Crippen LogP contribution is -2.39. The summed E-state index contributed by atoms with van der Waals surface area (Å²) in [4.78, 5) is 27.1. The van der Waals surface area contributed by atoms with Crippen molar-refractivity contribution < 1.29 is 9.47 Å². The summed E-state index contributed by atoms with van der Waals surface area (Å²) in [5.41, 5.74) is 3.97. The van der Waals surface area contributed by atoms with Crippen molar-refractivity contribution in [3.05, 3.63) is 48.7 Å². The average molecular weight is 851 g/mol. The van der Waals surface area contributed by atoms with Crippen molar-refractivity contribution >= 4 is 5.69 Å². The van der Waals surface area contributed by atoms with E-state index in [1.54, 1.807) is 11.1 Å². The second-order valence-electron chi connectivity index (χ2n) is 19.5. The Morgan fingerprint density at radius 2 is 0.918 bits per heavy atom. The first-order chi connectivity index (χ1) is 29.9.